The van der Waals surface area contributed by atoms with Crippen LogP contribution in [0.25, 0.3) is 10.4 Å². The number of carboxylic acid groups (broad SMARTS) is 1. The molecule has 41 heavy (non-hydrogen) atoms. The molecule has 11 nitrogen and oxygen atoms in total. The van der Waals surface area contributed by atoms with Crippen molar-refractivity contribution in [1.82, 2.24) is 25.4 Å². The van der Waals surface area contributed by atoms with E-state index in [0.717, 1.165) is 21.7 Å². The summed E-state index contributed by atoms with van der Waals surface area (Å²) in [7, 11) is 1.73. The number of aromatic nitrogens is 1. The summed E-state index contributed by atoms with van der Waals surface area (Å²) >= 11 is 1.57. The summed E-state index contributed by atoms with van der Waals surface area (Å²) in [5.74, 6) is -2.05. The number of nitrogens with one attached hydrogen (secondary N) is 2. The molecule has 3 rings (SSSR count). The number of likely N-dealkylation sites (tertiary alicyclic amines) is 1. The van der Waals surface area contributed by atoms with Crippen molar-refractivity contribution >= 4 is 35.0 Å². The number of hydrogen-bond acceptors (Lipinski definition) is 8. The molecule has 1 unspecified atom stereocenters. The van der Waals surface area contributed by atoms with Crippen molar-refractivity contribution < 1.29 is 29.4 Å². The summed E-state index contributed by atoms with van der Waals surface area (Å²) in [6.45, 7) is 8.35. The monoisotopic (exact) mass is 587 g/mol. The Bertz CT molecular complexity index is 1230. The van der Waals surface area contributed by atoms with Gasteiger partial charge in [-0.25, -0.2) is 4.98 Å². The van der Waals surface area contributed by atoms with Gasteiger partial charge in [0.2, 0.25) is 17.7 Å². The van der Waals surface area contributed by atoms with Crippen LogP contribution in [0, 0.1) is 12.3 Å². The molecule has 0 radical (unpaired) electrons. The highest BCUT2D eigenvalue weighted by atomic mass is 32.1. The van der Waals surface area contributed by atoms with E-state index in [0.29, 0.717) is 13.1 Å². The third-order valence-corrected chi connectivity index (χ3v) is 8.12. The maximum Gasteiger partial charge on any atom is 0.304 e. The van der Waals surface area contributed by atoms with Gasteiger partial charge in [-0.15, -0.1) is 11.3 Å². The number of hydrogen-bond donors (Lipinski definition) is 4. The largest absolute Gasteiger partial charge is 0.481 e. The Morgan fingerprint density at radius 2 is 1.80 bits per heavy atom. The van der Waals surface area contributed by atoms with E-state index < -0.39 is 35.5 Å². The Balaban J connectivity index is 1.61. The van der Waals surface area contributed by atoms with Gasteiger partial charge in [-0.1, -0.05) is 45.0 Å². The first-order chi connectivity index (χ1) is 19.3. The van der Waals surface area contributed by atoms with Crippen molar-refractivity contribution in [1.29, 1.82) is 0 Å². The highest BCUT2D eigenvalue weighted by Gasteiger charge is 2.44. The number of benzene rings is 1. The minimum atomic E-state index is -0.914. The van der Waals surface area contributed by atoms with E-state index in [1.54, 1.807) is 28.8 Å². The molecule has 1 aromatic carbocycles. The maximum atomic E-state index is 13.7. The second-order valence-corrected chi connectivity index (χ2v) is 12.5. The Hall–Kier alpha value is -3.35. The number of aliphatic carboxylic acids is 1. The molecule has 0 spiro atoms. The number of aliphatic hydroxyl groups is 1. The van der Waals surface area contributed by atoms with Crippen molar-refractivity contribution in [3.8, 4) is 10.4 Å². The fraction of sp³-hybridized carbons (Fsp3) is 0.552. The molecule has 3 amide bonds. The summed E-state index contributed by atoms with van der Waals surface area (Å²) < 4.78 is 0. The average Bonchev–Trinajstić information content (AvgIpc) is 3.52. The normalized spacial score (nSPS) is 17.9. The highest BCUT2D eigenvalue weighted by Crippen LogP contribution is 2.28. The van der Waals surface area contributed by atoms with Gasteiger partial charge >= 0.3 is 5.97 Å². The number of aliphatic hydroxyl groups excluding tert-OH is 1. The van der Waals surface area contributed by atoms with Gasteiger partial charge in [-0.05, 0) is 30.5 Å². The van der Waals surface area contributed by atoms with Gasteiger partial charge in [-0.3, -0.25) is 19.2 Å². The molecular weight excluding hydrogens is 546 g/mol. The number of nitrogens with zero attached hydrogens (tertiary/aromatic N) is 3. The lowest BCUT2D eigenvalue weighted by molar-refractivity contribution is -0.144. The summed E-state index contributed by atoms with van der Waals surface area (Å²) in [5, 5.41) is 24.9. The molecule has 2 aromatic rings. The first kappa shape index (κ1) is 32.2. The van der Waals surface area contributed by atoms with Gasteiger partial charge in [0.1, 0.15) is 12.1 Å². The van der Waals surface area contributed by atoms with Gasteiger partial charge in [0.15, 0.2) is 0 Å². The van der Waals surface area contributed by atoms with E-state index in [1.807, 2.05) is 52.0 Å². The third-order valence-electron chi connectivity index (χ3n) is 7.14. The van der Waals surface area contributed by atoms with Crippen LogP contribution in [0.1, 0.15) is 51.3 Å². The number of rotatable bonds is 12. The van der Waals surface area contributed by atoms with E-state index >= 15 is 0 Å². The topological polar surface area (TPSA) is 152 Å². The van der Waals surface area contributed by atoms with E-state index in [9.17, 15) is 24.3 Å². The Morgan fingerprint density at radius 3 is 2.39 bits per heavy atom. The van der Waals surface area contributed by atoms with Crippen LogP contribution in [0.4, 0.5) is 0 Å². The first-order valence-corrected chi connectivity index (χ1v) is 14.6. The molecule has 1 aliphatic rings. The zero-order chi connectivity index (χ0) is 30.3. The number of carbonyl (C=O) groups excluding carboxylic acids is 3. The van der Waals surface area contributed by atoms with Gasteiger partial charge < -0.3 is 30.6 Å². The number of aryl methyl sites for hydroxylation is 1. The van der Waals surface area contributed by atoms with E-state index in [-0.39, 0.29) is 44.2 Å². The van der Waals surface area contributed by atoms with Crippen LogP contribution in [0.3, 0.4) is 0 Å². The molecular formula is C29H41N5O6S. The minimum Gasteiger partial charge on any atom is -0.481 e. The lowest BCUT2D eigenvalue weighted by Crippen LogP contribution is -2.57. The van der Waals surface area contributed by atoms with Gasteiger partial charge in [0.25, 0.3) is 0 Å². The summed E-state index contributed by atoms with van der Waals surface area (Å²) in [4.78, 5) is 58.9. The SMILES string of the molecule is Cc1ncsc1-c1ccc(CNC(=O)[C@@H]2C[C@@H](O)CN2C(=O)C(NC(=O)CCN(C)CCC(=O)O)C(C)(C)C)cc1. The predicted molar refractivity (Wildman–Crippen MR) is 156 cm³/mol. The van der Waals surface area contributed by atoms with Crippen LogP contribution in [0.2, 0.25) is 0 Å². The molecule has 1 aromatic heterocycles. The summed E-state index contributed by atoms with van der Waals surface area (Å²) in [6, 6.07) is 6.06. The van der Waals surface area contributed by atoms with Crippen LogP contribution >= 0.6 is 11.3 Å². The fourth-order valence-corrected chi connectivity index (χ4v) is 5.52. The Kier molecular flexibility index (Phi) is 11.0. The molecule has 0 aliphatic carbocycles. The molecule has 1 fully saturated rings. The van der Waals surface area contributed by atoms with Crippen LogP contribution in [0.5, 0.6) is 0 Å². The van der Waals surface area contributed by atoms with Crippen LogP contribution in [-0.4, -0.2) is 93.6 Å². The molecule has 4 N–H and O–H groups in total. The molecule has 1 saturated heterocycles. The molecule has 2 heterocycles. The standard InChI is InChI=1S/C29H41N5O6S/c1-18-25(41-17-31-18)20-8-6-19(7-9-20)15-30-27(39)22-14-21(35)16-34(22)28(40)26(29(2,3)4)32-23(36)10-12-33(5)13-11-24(37)38/h6-9,17,21-22,26,35H,10-16H2,1-5H3,(H,30,39)(H,32,36)(H,37,38)/t21-,22+,26?/m1/s1. The quantitative estimate of drug-likeness (QED) is 0.294. The Morgan fingerprint density at radius 1 is 1.15 bits per heavy atom. The van der Waals surface area contributed by atoms with E-state index in [2.05, 4.69) is 15.6 Å². The average molecular weight is 588 g/mol. The molecule has 3 atom stereocenters. The van der Waals surface area contributed by atoms with Crippen molar-refractivity contribution in [2.45, 2.75) is 71.7 Å². The number of carbonyl (C=O) groups is 4. The van der Waals surface area contributed by atoms with E-state index in [1.165, 1.54) is 4.90 Å². The van der Waals surface area contributed by atoms with Crippen LogP contribution in [-0.2, 0) is 25.7 Å². The zero-order valence-electron chi connectivity index (χ0n) is 24.3. The van der Waals surface area contributed by atoms with Crippen molar-refractivity contribution in [2.75, 3.05) is 26.7 Å². The predicted octanol–water partition coefficient (Wildman–Crippen LogP) is 2.02. The molecule has 1 aliphatic heterocycles. The van der Waals surface area contributed by atoms with Gasteiger partial charge in [0.05, 0.1) is 28.6 Å². The number of thiazole rings is 1. The molecule has 12 heteroatoms. The molecule has 0 saturated carbocycles. The lowest BCUT2D eigenvalue weighted by atomic mass is 9.85. The van der Waals surface area contributed by atoms with Gasteiger partial charge in [0, 0.05) is 39.0 Å². The van der Waals surface area contributed by atoms with Crippen LogP contribution < -0.4 is 10.6 Å². The van der Waals surface area contributed by atoms with Crippen molar-refractivity contribution in [2.24, 2.45) is 5.41 Å². The number of carboxylic acids is 1. The smallest absolute Gasteiger partial charge is 0.304 e. The van der Waals surface area contributed by atoms with Crippen molar-refractivity contribution in [3.05, 3.63) is 41.0 Å². The van der Waals surface area contributed by atoms with E-state index in [4.69, 9.17) is 5.11 Å². The first-order valence-electron chi connectivity index (χ1n) is 13.7. The lowest BCUT2D eigenvalue weighted by Gasteiger charge is -2.35. The van der Waals surface area contributed by atoms with Crippen molar-refractivity contribution in [3.63, 3.8) is 0 Å². The minimum absolute atomic E-state index is 0.000192. The second kappa shape index (κ2) is 14.0. The Labute approximate surface area is 244 Å². The molecule has 224 valence electrons. The maximum absolute atomic E-state index is 13.7. The molecule has 0 bridgehead atoms. The zero-order valence-corrected chi connectivity index (χ0v) is 25.2. The fourth-order valence-electron chi connectivity index (χ4n) is 4.70. The summed E-state index contributed by atoms with van der Waals surface area (Å²) in [6.07, 6.45) is -0.680. The third kappa shape index (κ3) is 9.07. The number of amides is 3. The van der Waals surface area contributed by atoms with Gasteiger partial charge in [-0.2, -0.15) is 0 Å². The summed E-state index contributed by atoms with van der Waals surface area (Å²) in [5.41, 5.74) is 4.07. The highest BCUT2D eigenvalue weighted by molar-refractivity contribution is 7.13. The number of β-amino-alcohol motifs (C(OH)–C–C–N with tert-alkyl or cyclic N) is 1. The second-order valence-electron chi connectivity index (χ2n) is 11.6. The van der Waals surface area contributed by atoms with Crippen LogP contribution in [0.15, 0.2) is 29.8 Å².